The third kappa shape index (κ3) is 5.91. The van der Waals surface area contributed by atoms with Crippen LogP contribution in [0.4, 0.5) is 15.8 Å². The second-order valence-corrected chi connectivity index (χ2v) is 14.8. The van der Waals surface area contributed by atoms with E-state index in [0.29, 0.717) is 13.0 Å². The largest absolute Gasteiger partial charge is 0.395 e. The van der Waals surface area contributed by atoms with E-state index < -0.39 is 23.9 Å². The van der Waals surface area contributed by atoms with E-state index in [1.54, 1.807) is 6.92 Å². The van der Waals surface area contributed by atoms with E-state index in [0.717, 1.165) is 10.3 Å². The summed E-state index contributed by atoms with van der Waals surface area (Å²) in [6.45, 7) is 8.52. The van der Waals surface area contributed by atoms with Crippen LogP contribution in [0.1, 0.15) is 13.3 Å². The van der Waals surface area contributed by atoms with Crippen molar-refractivity contribution in [3.8, 4) is 0 Å². The summed E-state index contributed by atoms with van der Waals surface area (Å²) >= 11 is 5.78. The highest BCUT2D eigenvalue weighted by molar-refractivity contribution is 7.92. The lowest BCUT2D eigenvalue weighted by molar-refractivity contribution is 0.156. The molecule has 24 heavy (non-hydrogen) atoms. The van der Waals surface area contributed by atoms with Crippen molar-refractivity contribution < 1.29 is 17.5 Å². The van der Waals surface area contributed by atoms with Crippen molar-refractivity contribution in [2.24, 2.45) is 0 Å². The van der Waals surface area contributed by atoms with Gasteiger partial charge in [0.05, 0.1) is 22.2 Å². The molecule has 0 bridgehead atoms. The van der Waals surface area contributed by atoms with Crippen LogP contribution < -0.4 is 10.0 Å². The molecular formula is C15H26ClFN2O3SSi. The van der Waals surface area contributed by atoms with Gasteiger partial charge in [-0.15, -0.1) is 0 Å². The number of hydrogen-bond acceptors (Lipinski definition) is 4. The van der Waals surface area contributed by atoms with E-state index in [2.05, 4.69) is 19.6 Å². The van der Waals surface area contributed by atoms with Crippen LogP contribution in [0.2, 0.25) is 30.7 Å². The molecule has 0 unspecified atom stereocenters. The Labute approximate surface area is 150 Å². The average molecular weight is 397 g/mol. The number of ether oxygens (including phenoxy) is 1. The fourth-order valence-corrected chi connectivity index (χ4v) is 4.26. The second-order valence-electron chi connectivity index (χ2n) is 6.81. The molecule has 2 N–H and O–H groups in total. The third-order valence-electron chi connectivity index (χ3n) is 3.38. The topological polar surface area (TPSA) is 72.6 Å². The normalized spacial score (nSPS) is 12.4. The van der Waals surface area contributed by atoms with Crippen molar-refractivity contribution in [3.05, 3.63) is 23.0 Å². The first-order valence-electron chi connectivity index (χ1n) is 7.81. The van der Waals surface area contributed by atoms with Crippen molar-refractivity contribution in [2.45, 2.75) is 39.0 Å². The quantitative estimate of drug-likeness (QED) is 0.297. The molecule has 0 heterocycles. The highest BCUT2D eigenvalue weighted by atomic mass is 35.5. The molecule has 1 rings (SSSR count). The van der Waals surface area contributed by atoms with Crippen LogP contribution in [0.15, 0.2) is 12.1 Å². The Morgan fingerprint density at radius 2 is 1.96 bits per heavy atom. The van der Waals surface area contributed by atoms with Crippen LogP contribution >= 0.6 is 11.6 Å². The van der Waals surface area contributed by atoms with Crippen LogP contribution in [-0.2, 0) is 14.8 Å². The molecule has 0 radical (unpaired) electrons. The van der Waals surface area contributed by atoms with E-state index in [1.165, 1.54) is 12.1 Å². The van der Waals surface area contributed by atoms with Crippen LogP contribution in [0.5, 0.6) is 0 Å². The predicted octanol–water partition coefficient (Wildman–Crippen LogP) is 3.92. The lowest BCUT2D eigenvalue weighted by Gasteiger charge is -2.26. The summed E-state index contributed by atoms with van der Waals surface area (Å²) in [5.41, 5.74) is 5.18. The zero-order valence-electron chi connectivity index (χ0n) is 14.6. The lowest BCUT2D eigenvalue weighted by Crippen LogP contribution is -2.36. The van der Waals surface area contributed by atoms with Gasteiger partial charge in [0.1, 0.15) is 6.73 Å². The summed E-state index contributed by atoms with van der Waals surface area (Å²) in [6.07, 6.45) is 0.415. The molecule has 5 nitrogen and oxygen atoms in total. The molecule has 0 saturated heterocycles. The Balaban J connectivity index is 3.05. The number of rotatable bonds is 9. The summed E-state index contributed by atoms with van der Waals surface area (Å²) in [5, 5.41) is 0.0451. The van der Waals surface area contributed by atoms with Gasteiger partial charge >= 0.3 is 0 Å². The molecule has 0 aliphatic carbocycles. The van der Waals surface area contributed by atoms with Gasteiger partial charge in [-0.2, -0.15) is 0 Å². The van der Waals surface area contributed by atoms with Crippen molar-refractivity contribution >= 4 is 41.1 Å². The molecule has 0 amide bonds. The van der Waals surface area contributed by atoms with Gasteiger partial charge in [0.15, 0.2) is 5.82 Å². The summed E-state index contributed by atoms with van der Waals surface area (Å²) < 4.78 is 45.8. The molecule has 0 saturated carbocycles. The highest BCUT2D eigenvalue weighted by Gasteiger charge is 2.26. The first-order chi connectivity index (χ1) is 11.0. The fourth-order valence-electron chi connectivity index (χ4n) is 1.94. The van der Waals surface area contributed by atoms with Crippen LogP contribution in [0, 0.1) is 5.82 Å². The molecule has 9 heteroatoms. The minimum atomic E-state index is -3.71. The van der Waals surface area contributed by atoms with E-state index in [1.807, 2.05) is 0 Å². The van der Waals surface area contributed by atoms with Gasteiger partial charge in [0, 0.05) is 14.7 Å². The summed E-state index contributed by atoms with van der Waals surface area (Å²) in [4.78, 5) is 0. The summed E-state index contributed by atoms with van der Waals surface area (Å²) in [7, 11) is -5.01. The fraction of sp³-hybridized carbons (Fsp3) is 0.600. The monoisotopic (exact) mass is 396 g/mol. The van der Waals surface area contributed by atoms with Gasteiger partial charge in [0.25, 0.3) is 0 Å². The Morgan fingerprint density at radius 1 is 1.33 bits per heavy atom. The molecule has 0 aliphatic heterocycles. The Kier molecular flexibility index (Phi) is 7.52. The maximum atomic E-state index is 14.4. The predicted molar refractivity (Wildman–Crippen MR) is 101 cm³/mol. The van der Waals surface area contributed by atoms with Crippen LogP contribution in [0.3, 0.4) is 0 Å². The minimum Gasteiger partial charge on any atom is -0.395 e. The van der Waals surface area contributed by atoms with E-state index >= 15 is 0 Å². The SMILES string of the molecule is CCCS(=O)(=O)N(COCC[Si](C)(C)C)c1ccc(Cl)c(N)c1F. The van der Waals surface area contributed by atoms with Gasteiger partial charge in [-0.25, -0.2) is 17.1 Å². The zero-order valence-corrected chi connectivity index (χ0v) is 17.2. The number of hydrogen-bond donors (Lipinski definition) is 1. The van der Waals surface area contributed by atoms with Crippen molar-refractivity contribution in [2.75, 3.05) is 29.1 Å². The molecule has 0 aliphatic rings. The van der Waals surface area contributed by atoms with Gasteiger partial charge < -0.3 is 10.5 Å². The molecule has 0 spiro atoms. The molecule has 1 aromatic carbocycles. The van der Waals surface area contributed by atoms with Crippen molar-refractivity contribution in [3.63, 3.8) is 0 Å². The number of nitrogens with zero attached hydrogens (tertiary/aromatic N) is 1. The van der Waals surface area contributed by atoms with E-state index in [9.17, 15) is 12.8 Å². The molecule has 1 aromatic rings. The van der Waals surface area contributed by atoms with E-state index in [4.69, 9.17) is 22.1 Å². The average Bonchev–Trinajstić information content (AvgIpc) is 2.45. The van der Waals surface area contributed by atoms with Gasteiger partial charge in [-0.3, -0.25) is 0 Å². The Morgan fingerprint density at radius 3 is 2.50 bits per heavy atom. The molecule has 138 valence electrons. The highest BCUT2D eigenvalue weighted by Crippen LogP contribution is 2.31. The van der Waals surface area contributed by atoms with Gasteiger partial charge in [-0.05, 0) is 24.6 Å². The van der Waals surface area contributed by atoms with Crippen molar-refractivity contribution in [1.82, 2.24) is 0 Å². The molecule has 0 aromatic heterocycles. The number of nitrogens with two attached hydrogens (primary N) is 1. The number of sulfonamides is 1. The molecular weight excluding hydrogens is 371 g/mol. The smallest absolute Gasteiger partial charge is 0.237 e. The van der Waals surface area contributed by atoms with Crippen molar-refractivity contribution in [1.29, 1.82) is 0 Å². The molecule has 0 atom stereocenters. The standard InChI is InChI=1S/C15H26ClFN2O3SSi/c1-5-9-23(20,21)19(11-22-8-10-24(2,3)4)13-7-6-12(16)15(18)14(13)17/h6-7H,5,8-11,18H2,1-4H3. The Hall–Kier alpha value is -0.833. The first kappa shape index (κ1) is 21.2. The number of benzene rings is 1. The maximum Gasteiger partial charge on any atom is 0.237 e. The molecule has 0 fully saturated rings. The zero-order chi connectivity index (χ0) is 18.5. The summed E-state index contributed by atoms with van der Waals surface area (Å²) in [5.74, 6) is -0.956. The first-order valence-corrected chi connectivity index (χ1v) is 13.5. The maximum absolute atomic E-state index is 14.4. The summed E-state index contributed by atoms with van der Waals surface area (Å²) in [6, 6.07) is 3.58. The van der Waals surface area contributed by atoms with Crippen LogP contribution in [0.25, 0.3) is 0 Å². The van der Waals surface area contributed by atoms with Gasteiger partial charge in [-0.1, -0.05) is 38.2 Å². The van der Waals surface area contributed by atoms with Crippen LogP contribution in [-0.4, -0.2) is 35.6 Å². The lowest BCUT2D eigenvalue weighted by atomic mass is 10.2. The minimum absolute atomic E-state index is 0.0451. The number of halogens is 2. The third-order valence-corrected chi connectivity index (χ3v) is 7.31. The van der Waals surface area contributed by atoms with E-state index in [-0.39, 0.29) is 28.9 Å². The number of nitrogen functional groups attached to an aromatic ring is 1. The van der Waals surface area contributed by atoms with Gasteiger partial charge in [0.2, 0.25) is 10.0 Å². The Bertz CT molecular complexity index is 665. The number of anilines is 2. The second kappa shape index (κ2) is 8.51.